The molecule has 114 valence electrons. The summed E-state index contributed by atoms with van der Waals surface area (Å²) in [5.74, 6) is 0.855. The van der Waals surface area contributed by atoms with Crippen LogP contribution in [0.5, 0.6) is 5.88 Å². The average molecular weight is 316 g/mol. The number of hydrogen-bond donors (Lipinski definition) is 3. The van der Waals surface area contributed by atoms with Crippen LogP contribution in [0.3, 0.4) is 0 Å². The van der Waals surface area contributed by atoms with Crippen LogP contribution >= 0.6 is 12.8 Å². The summed E-state index contributed by atoms with van der Waals surface area (Å²) in [4.78, 5) is 13.0. The first-order valence-electron chi connectivity index (χ1n) is 6.84. The van der Waals surface area contributed by atoms with Crippen LogP contribution in [0.15, 0.2) is 30.6 Å². The maximum absolute atomic E-state index is 5.59. The summed E-state index contributed by atoms with van der Waals surface area (Å²) < 4.78 is 7.06. The first-order valence-corrected chi connectivity index (χ1v) is 7.24. The van der Waals surface area contributed by atoms with Gasteiger partial charge in [0, 0.05) is 12.2 Å². The number of nitrogens with two attached hydrogens (primary N) is 1. The fourth-order valence-corrected chi connectivity index (χ4v) is 2.20. The number of benzene rings is 1. The summed E-state index contributed by atoms with van der Waals surface area (Å²) in [7, 11) is 0. The first-order chi connectivity index (χ1) is 10.7. The second-order valence-corrected chi connectivity index (χ2v) is 5.00. The number of thiol groups is 1. The molecule has 0 radical (unpaired) electrons. The molecule has 0 aliphatic carbocycles. The number of ether oxygens (including phenoxy) is 1. The van der Waals surface area contributed by atoms with Crippen molar-refractivity contribution in [1.82, 2.24) is 18.9 Å². The van der Waals surface area contributed by atoms with Crippen molar-refractivity contribution in [3.63, 3.8) is 0 Å². The second-order valence-electron chi connectivity index (χ2n) is 4.57. The molecule has 0 saturated carbocycles. The fourth-order valence-electron chi connectivity index (χ4n) is 2.01. The van der Waals surface area contributed by atoms with Crippen LogP contribution in [-0.4, -0.2) is 25.5 Å². The number of nitrogens with one attached hydrogen (secondary N) is 1. The van der Waals surface area contributed by atoms with Crippen LogP contribution in [0.1, 0.15) is 12.5 Å². The zero-order valence-corrected chi connectivity index (χ0v) is 12.9. The lowest BCUT2D eigenvalue weighted by Crippen LogP contribution is -2.03. The lowest BCUT2D eigenvalue weighted by atomic mass is 10.2. The monoisotopic (exact) mass is 316 g/mol. The molecule has 22 heavy (non-hydrogen) atoms. The molecule has 8 heteroatoms. The number of hydrogen-bond acceptors (Lipinski definition) is 7. The number of fused-ring (bicyclic) bond motifs is 1. The van der Waals surface area contributed by atoms with E-state index in [0.717, 1.165) is 11.3 Å². The maximum Gasteiger partial charge on any atom is 0.247 e. The van der Waals surface area contributed by atoms with Crippen LogP contribution in [0.25, 0.3) is 11.2 Å². The van der Waals surface area contributed by atoms with Crippen molar-refractivity contribution in [3.8, 4) is 5.88 Å². The zero-order valence-electron chi connectivity index (χ0n) is 12.0. The van der Waals surface area contributed by atoms with E-state index >= 15 is 0 Å². The van der Waals surface area contributed by atoms with Crippen LogP contribution < -0.4 is 15.8 Å². The Kier molecular flexibility index (Phi) is 4.12. The average Bonchev–Trinajstić information content (AvgIpc) is 2.90. The highest BCUT2D eigenvalue weighted by Crippen LogP contribution is 2.24. The molecule has 7 nitrogen and oxygen atoms in total. The van der Waals surface area contributed by atoms with Gasteiger partial charge in [0.2, 0.25) is 11.8 Å². The van der Waals surface area contributed by atoms with Crippen molar-refractivity contribution in [2.75, 3.05) is 11.9 Å². The summed E-state index contributed by atoms with van der Waals surface area (Å²) in [5.41, 5.74) is 8.69. The minimum Gasteiger partial charge on any atom is -0.476 e. The van der Waals surface area contributed by atoms with E-state index < -0.39 is 0 Å². The van der Waals surface area contributed by atoms with Gasteiger partial charge in [-0.2, -0.15) is 9.97 Å². The van der Waals surface area contributed by atoms with Gasteiger partial charge < -0.3 is 15.8 Å². The van der Waals surface area contributed by atoms with E-state index in [9.17, 15) is 0 Å². The fraction of sp³-hybridized carbons (Fsp3) is 0.214. The molecule has 0 aliphatic heterocycles. The third-order valence-corrected chi connectivity index (χ3v) is 3.37. The van der Waals surface area contributed by atoms with Crippen molar-refractivity contribution >= 4 is 35.6 Å². The van der Waals surface area contributed by atoms with E-state index in [0.29, 0.717) is 36.1 Å². The summed E-state index contributed by atoms with van der Waals surface area (Å²) in [5, 5.41) is 3.15. The molecular weight excluding hydrogens is 300 g/mol. The molecule has 0 fully saturated rings. The molecule has 0 unspecified atom stereocenters. The van der Waals surface area contributed by atoms with Gasteiger partial charge in [-0.1, -0.05) is 24.9 Å². The van der Waals surface area contributed by atoms with Gasteiger partial charge in [0.25, 0.3) is 0 Å². The van der Waals surface area contributed by atoms with E-state index in [2.05, 4.69) is 33.1 Å². The van der Waals surface area contributed by atoms with Crippen LogP contribution in [0.2, 0.25) is 0 Å². The van der Waals surface area contributed by atoms with Crippen molar-refractivity contribution in [2.45, 2.75) is 13.5 Å². The molecule has 0 spiro atoms. The summed E-state index contributed by atoms with van der Waals surface area (Å²) in [6.07, 6.45) is 1.56. The van der Waals surface area contributed by atoms with E-state index in [1.165, 1.54) is 3.97 Å². The predicted octanol–water partition coefficient (Wildman–Crippen LogP) is 2.12. The lowest BCUT2D eigenvalue weighted by Gasteiger charge is -2.08. The highest BCUT2D eigenvalue weighted by atomic mass is 32.1. The molecule has 3 N–H and O–H groups in total. The van der Waals surface area contributed by atoms with Gasteiger partial charge in [-0.05, 0) is 24.6 Å². The molecule has 0 saturated heterocycles. The number of nitrogens with zero attached hydrogens (tertiary/aromatic N) is 4. The van der Waals surface area contributed by atoms with Gasteiger partial charge in [-0.25, -0.2) is 4.98 Å². The SMILES string of the molecule is CCOc1nc(Nc2ccc(CN)cc2)nc2c1ncn2S. The summed E-state index contributed by atoms with van der Waals surface area (Å²) >= 11 is 4.28. The van der Waals surface area contributed by atoms with Crippen molar-refractivity contribution < 1.29 is 4.74 Å². The van der Waals surface area contributed by atoms with Gasteiger partial charge in [-0.15, -0.1) is 0 Å². The lowest BCUT2D eigenvalue weighted by molar-refractivity contribution is 0.330. The highest BCUT2D eigenvalue weighted by Gasteiger charge is 2.13. The number of rotatable bonds is 5. The van der Waals surface area contributed by atoms with E-state index in [1.807, 2.05) is 31.2 Å². The van der Waals surface area contributed by atoms with Crippen molar-refractivity contribution in [1.29, 1.82) is 0 Å². The Labute approximate surface area is 133 Å². The Bertz CT molecular complexity index is 786. The molecular formula is C14H16N6OS. The quantitative estimate of drug-likeness (QED) is 0.625. The van der Waals surface area contributed by atoms with Crippen LogP contribution in [0, 0.1) is 0 Å². The first kappa shape index (κ1) is 14.6. The van der Waals surface area contributed by atoms with Crippen molar-refractivity contribution in [2.24, 2.45) is 5.73 Å². The number of aromatic nitrogens is 4. The van der Waals surface area contributed by atoms with E-state index in [1.54, 1.807) is 6.33 Å². The smallest absolute Gasteiger partial charge is 0.247 e. The highest BCUT2D eigenvalue weighted by molar-refractivity contribution is 7.78. The number of anilines is 2. The van der Waals surface area contributed by atoms with E-state index in [-0.39, 0.29) is 0 Å². The summed E-state index contributed by atoms with van der Waals surface area (Å²) in [6.45, 7) is 2.90. The maximum atomic E-state index is 5.59. The minimum atomic E-state index is 0.423. The largest absolute Gasteiger partial charge is 0.476 e. The third kappa shape index (κ3) is 2.83. The van der Waals surface area contributed by atoms with Gasteiger partial charge in [0.1, 0.15) is 6.33 Å². The summed E-state index contributed by atoms with van der Waals surface area (Å²) in [6, 6.07) is 7.75. The molecule has 3 rings (SSSR count). The normalized spacial score (nSPS) is 10.9. The van der Waals surface area contributed by atoms with E-state index in [4.69, 9.17) is 10.5 Å². The Morgan fingerprint density at radius 2 is 2.05 bits per heavy atom. The number of imidazole rings is 1. The molecule has 1 aromatic carbocycles. The molecule has 0 atom stereocenters. The minimum absolute atomic E-state index is 0.423. The third-order valence-electron chi connectivity index (χ3n) is 3.07. The molecule has 0 bridgehead atoms. The molecule has 2 aromatic heterocycles. The predicted molar refractivity (Wildman–Crippen MR) is 88.5 cm³/mol. The van der Waals surface area contributed by atoms with Crippen LogP contribution in [-0.2, 0) is 6.54 Å². The van der Waals surface area contributed by atoms with Crippen molar-refractivity contribution in [3.05, 3.63) is 36.2 Å². The Hall–Kier alpha value is -2.32. The van der Waals surface area contributed by atoms with Crippen LogP contribution in [0.4, 0.5) is 11.6 Å². The topological polar surface area (TPSA) is 90.9 Å². The second kappa shape index (κ2) is 6.20. The van der Waals surface area contributed by atoms with Gasteiger partial charge >= 0.3 is 0 Å². The van der Waals surface area contributed by atoms with Gasteiger partial charge in [0.05, 0.1) is 6.61 Å². The Morgan fingerprint density at radius 1 is 1.27 bits per heavy atom. The Morgan fingerprint density at radius 3 is 2.73 bits per heavy atom. The molecule has 2 heterocycles. The Balaban J connectivity index is 1.96. The molecule has 0 amide bonds. The molecule has 3 aromatic rings. The molecule has 0 aliphatic rings. The van der Waals surface area contributed by atoms with Gasteiger partial charge in [-0.3, -0.25) is 3.97 Å². The zero-order chi connectivity index (χ0) is 15.5. The van der Waals surface area contributed by atoms with Gasteiger partial charge in [0.15, 0.2) is 11.2 Å². The standard InChI is InChI=1S/C14H16N6OS/c1-2-21-13-11-12(20(22)8-16-11)18-14(19-13)17-10-5-3-9(7-15)4-6-10/h3-6,8,22H,2,7,15H2,1H3,(H,17,18,19).